The smallest absolute Gasteiger partial charge is 0.295 e. The number of nitro groups is 1. The Morgan fingerprint density at radius 3 is 2.54 bits per heavy atom. The molecule has 0 aliphatic carbocycles. The molecule has 35 heavy (non-hydrogen) atoms. The lowest BCUT2D eigenvalue weighted by molar-refractivity contribution is -0.384. The van der Waals surface area contributed by atoms with Gasteiger partial charge >= 0.3 is 0 Å². The van der Waals surface area contributed by atoms with Crippen LogP contribution in [0.5, 0.6) is 0 Å². The van der Waals surface area contributed by atoms with E-state index in [0.717, 1.165) is 5.56 Å². The summed E-state index contributed by atoms with van der Waals surface area (Å²) < 4.78 is 1.64. The summed E-state index contributed by atoms with van der Waals surface area (Å²) in [6, 6.07) is 19.2. The third-order valence-corrected chi connectivity index (χ3v) is 6.06. The minimum Gasteiger partial charge on any atom is -0.505 e. The fourth-order valence-electron chi connectivity index (χ4n) is 4.50. The number of nitro benzene ring substituents is 1. The Bertz CT molecular complexity index is 1520. The van der Waals surface area contributed by atoms with E-state index in [0.29, 0.717) is 16.9 Å². The number of hydrogen-bond donors (Lipinski definition) is 1. The SMILES string of the molecule is Cc1nc2ccccn2c1C(O)=C1C(=O)C(=O)N(Cc2ccccc2)C1c1cccc([N+](=O)[O-])c1. The molecule has 0 saturated carbocycles. The molecule has 174 valence electrons. The van der Waals surface area contributed by atoms with Crippen LogP contribution in [-0.2, 0) is 16.1 Å². The maximum atomic E-state index is 13.3. The second-order valence-corrected chi connectivity index (χ2v) is 8.24. The second-order valence-electron chi connectivity index (χ2n) is 8.24. The van der Waals surface area contributed by atoms with Gasteiger partial charge in [-0.15, -0.1) is 0 Å². The van der Waals surface area contributed by atoms with Crippen molar-refractivity contribution in [2.75, 3.05) is 0 Å². The van der Waals surface area contributed by atoms with Crippen LogP contribution < -0.4 is 0 Å². The molecule has 1 aliphatic heterocycles. The average molecular weight is 468 g/mol. The molecule has 1 amide bonds. The zero-order valence-electron chi connectivity index (χ0n) is 18.7. The number of non-ortho nitro benzene ring substituents is 1. The zero-order chi connectivity index (χ0) is 24.7. The first kappa shape index (κ1) is 22.0. The van der Waals surface area contributed by atoms with Gasteiger partial charge in [-0.1, -0.05) is 48.5 Å². The van der Waals surface area contributed by atoms with Crippen molar-refractivity contribution in [3.63, 3.8) is 0 Å². The van der Waals surface area contributed by atoms with Gasteiger partial charge in [0.2, 0.25) is 0 Å². The number of imidazole rings is 1. The number of aliphatic hydroxyl groups is 1. The molecular formula is C26H20N4O5. The molecule has 3 heterocycles. The standard InChI is InChI=1S/C26H20N4O5/c1-16-22(28-13-6-5-12-20(28)27-16)24(31)21-23(18-10-7-11-19(14-18)30(34)35)29(26(33)25(21)32)15-17-8-3-2-4-9-17/h2-14,23,31H,15H2,1H3. The molecule has 1 unspecified atom stereocenters. The quantitative estimate of drug-likeness (QED) is 0.154. The first-order valence-electron chi connectivity index (χ1n) is 10.9. The lowest BCUT2D eigenvalue weighted by atomic mass is 9.95. The predicted molar refractivity (Wildman–Crippen MR) is 127 cm³/mol. The number of aryl methyl sites for hydroxylation is 1. The van der Waals surface area contributed by atoms with E-state index in [1.54, 1.807) is 41.8 Å². The number of fused-ring (bicyclic) bond motifs is 1. The Kier molecular flexibility index (Phi) is 5.37. The first-order chi connectivity index (χ1) is 16.9. The van der Waals surface area contributed by atoms with Gasteiger partial charge in [0.1, 0.15) is 11.3 Å². The van der Waals surface area contributed by atoms with E-state index < -0.39 is 22.7 Å². The zero-order valence-corrected chi connectivity index (χ0v) is 18.7. The monoisotopic (exact) mass is 468 g/mol. The van der Waals surface area contributed by atoms with E-state index in [9.17, 15) is 24.8 Å². The molecule has 1 saturated heterocycles. The summed E-state index contributed by atoms with van der Waals surface area (Å²) in [7, 11) is 0. The van der Waals surface area contributed by atoms with Crippen LogP contribution in [0.1, 0.15) is 28.6 Å². The molecule has 4 aromatic rings. The van der Waals surface area contributed by atoms with Gasteiger partial charge in [-0.05, 0) is 30.2 Å². The van der Waals surface area contributed by atoms with Gasteiger partial charge in [0, 0.05) is 24.9 Å². The summed E-state index contributed by atoms with van der Waals surface area (Å²) in [5, 5.41) is 22.9. The second kappa shape index (κ2) is 8.53. The van der Waals surface area contributed by atoms with Gasteiger partial charge in [0.15, 0.2) is 5.76 Å². The van der Waals surface area contributed by atoms with Crippen LogP contribution in [0.4, 0.5) is 5.69 Å². The number of carbonyl (C=O) groups excluding carboxylic acids is 2. The Balaban J connectivity index is 1.74. The summed E-state index contributed by atoms with van der Waals surface area (Å²) in [4.78, 5) is 43.2. The van der Waals surface area contributed by atoms with Crippen molar-refractivity contribution in [2.45, 2.75) is 19.5 Å². The highest BCUT2D eigenvalue weighted by Crippen LogP contribution is 2.41. The molecule has 1 fully saturated rings. The molecule has 0 spiro atoms. The van der Waals surface area contributed by atoms with Gasteiger partial charge in [0.05, 0.1) is 22.2 Å². The van der Waals surface area contributed by atoms with E-state index in [1.165, 1.54) is 23.1 Å². The number of ketones is 1. The topological polar surface area (TPSA) is 118 Å². The predicted octanol–water partition coefficient (Wildman–Crippen LogP) is 4.17. The Hall–Kier alpha value is -4.79. The Morgan fingerprint density at radius 2 is 1.80 bits per heavy atom. The number of Topliss-reactive ketones (excluding diaryl/α,β-unsaturated/α-hetero) is 1. The molecule has 0 radical (unpaired) electrons. The lowest BCUT2D eigenvalue weighted by Gasteiger charge is -2.25. The van der Waals surface area contributed by atoms with Crippen LogP contribution >= 0.6 is 0 Å². The van der Waals surface area contributed by atoms with Crippen molar-refractivity contribution in [1.82, 2.24) is 14.3 Å². The number of carbonyl (C=O) groups is 2. The van der Waals surface area contributed by atoms with Crippen LogP contribution in [0.25, 0.3) is 11.4 Å². The largest absolute Gasteiger partial charge is 0.505 e. The van der Waals surface area contributed by atoms with Gasteiger partial charge in [-0.25, -0.2) is 4.98 Å². The maximum Gasteiger partial charge on any atom is 0.295 e. The number of aliphatic hydroxyl groups excluding tert-OH is 1. The molecule has 2 aromatic heterocycles. The number of amides is 1. The van der Waals surface area contributed by atoms with Crippen molar-refractivity contribution >= 4 is 28.8 Å². The summed E-state index contributed by atoms with van der Waals surface area (Å²) in [6.45, 7) is 1.78. The maximum absolute atomic E-state index is 13.3. The van der Waals surface area contributed by atoms with Gasteiger partial charge in [-0.3, -0.25) is 24.1 Å². The van der Waals surface area contributed by atoms with Gasteiger partial charge in [-0.2, -0.15) is 0 Å². The average Bonchev–Trinajstić information content (AvgIpc) is 3.32. The number of nitrogens with zero attached hydrogens (tertiary/aromatic N) is 4. The highest BCUT2D eigenvalue weighted by molar-refractivity contribution is 6.46. The molecular weight excluding hydrogens is 448 g/mol. The minimum atomic E-state index is -1.02. The van der Waals surface area contributed by atoms with E-state index in [1.807, 2.05) is 30.3 Å². The number of rotatable bonds is 5. The fourth-order valence-corrected chi connectivity index (χ4v) is 4.50. The van der Waals surface area contributed by atoms with E-state index >= 15 is 0 Å². The molecule has 1 aliphatic rings. The molecule has 9 nitrogen and oxygen atoms in total. The van der Waals surface area contributed by atoms with Crippen LogP contribution in [0, 0.1) is 17.0 Å². The van der Waals surface area contributed by atoms with Crippen LogP contribution in [0.2, 0.25) is 0 Å². The molecule has 1 N–H and O–H groups in total. The molecule has 9 heteroatoms. The van der Waals surface area contributed by atoms with Crippen molar-refractivity contribution in [3.05, 3.63) is 117 Å². The Labute approximate surface area is 199 Å². The molecule has 2 aromatic carbocycles. The number of pyridine rings is 1. The van der Waals surface area contributed by atoms with E-state index in [4.69, 9.17) is 0 Å². The highest BCUT2D eigenvalue weighted by atomic mass is 16.6. The summed E-state index contributed by atoms with van der Waals surface area (Å²) >= 11 is 0. The number of hydrogen-bond acceptors (Lipinski definition) is 6. The van der Waals surface area contributed by atoms with Crippen LogP contribution in [0.15, 0.2) is 84.6 Å². The van der Waals surface area contributed by atoms with E-state index in [-0.39, 0.29) is 29.3 Å². The van der Waals surface area contributed by atoms with Crippen molar-refractivity contribution in [3.8, 4) is 0 Å². The molecule has 1 atom stereocenters. The van der Waals surface area contributed by atoms with Gasteiger partial charge < -0.3 is 10.0 Å². The number of benzene rings is 2. The summed E-state index contributed by atoms with van der Waals surface area (Å²) in [5.74, 6) is -2.04. The van der Waals surface area contributed by atoms with Crippen LogP contribution in [-0.4, -0.2) is 36.0 Å². The highest BCUT2D eigenvalue weighted by Gasteiger charge is 2.46. The molecule has 5 rings (SSSR count). The van der Waals surface area contributed by atoms with Crippen molar-refractivity contribution in [1.29, 1.82) is 0 Å². The Morgan fingerprint density at radius 1 is 1.06 bits per heavy atom. The normalized spacial score (nSPS) is 17.3. The summed E-state index contributed by atoms with van der Waals surface area (Å²) in [6.07, 6.45) is 1.70. The summed E-state index contributed by atoms with van der Waals surface area (Å²) in [5.41, 5.74) is 2.13. The molecule has 0 bridgehead atoms. The van der Waals surface area contributed by atoms with E-state index in [2.05, 4.69) is 4.98 Å². The number of likely N-dealkylation sites (tertiary alicyclic amines) is 1. The third-order valence-electron chi connectivity index (χ3n) is 6.06. The van der Waals surface area contributed by atoms with Gasteiger partial charge in [0.25, 0.3) is 17.4 Å². The minimum absolute atomic E-state index is 0.0850. The van der Waals surface area contributed by atoms with Crippen molar-refractivity contribution in [2.24, 2.45) is 0 Å². The fraction of sp³-hybridized carbons (Fsp3) is 0.115. The van der Waals surface area contributed by atoms with Crippen molar-refractivity contribution < 1.29 is 19.6 Å². The third kappa shape index (κ3) is 3.72. The lowest BCUT2D eigenvalue weighted by Crippen LogP contribution is -2.29. The number of aromatic nitrogens is 2. The van der Waals surface area contributed by atoms with Crippen LogP contribution in [0.3, 0.4) is 0 Å². The first-order valence-corrected chi connectivity index (χ1v) is 10.9.